The molecule has 0 aliphatic rings. The molecule has 2 aromatic rings. The van der Waals surface area contributed by atoms with Crippen LogP contribution in [0.2, 0.25) is 0 Å². The lowest BCUT2D eigenvalue weighted by Crippen LogP contribution is -2.23. The zero-order valence-corrected chi connectivity index (χ0v) is 13.9. The van der Waals surface area contributed by atoms with Gasteiger partial charge in [-0.2, -0.15) is 0 Å². The van der Waals surface area contributed by atoms with Crippen molar-refractivity contribution in [2.24, 2.45) is 0 Å². The molecule has 0 heterocycles. The monoisotopic (exact) mass is 281 g/mol. The Morgan fingerprint density at radius 2 is 1.57 bits per heavy atom. The molecule has 0 bridgehead atoms. The molecule has 2 unspecified atom stereocenters. The van der Waals surface area contributed by atoms with Crippen LogP contribution in [0.3, 0.4) is 0 Å². The maximum absolute atomic E-state index is 3.72. The van der Waals surface area contributed by atoms with Crippen LogP contribution in [-0.4, -0.2) is 0 Å². The molecule has 112 valence electrons. The zero-order chi connectivity index (χ0) is 15.4. The van der Waals surface area contributed by atoms with Crippen molar-refractivity contribution in [2.45, 2.75) is 53.1 Å². The Bertz CT molecular complexity index is 583. The molecule has 0 aliphatic carbocycles. The highest BCUT2D eigenvalue weighted by Crippen LogP contribution is 2.23. The molecule has 1 nitrogen and oxygen atoms in total. The summed E-state index contributed by atoms with van der Waals surface area (Å²) in [6.45, 7) is 11.0. The van der Waals surface area contributed by atoms with E-state index in [0.29, 0.717) is 12.1 Å². The first-order chi connectivity index (χ1) is 10.0. The van der Waals surface area contributed by atoms with Gasteiger partial charge in [0.25, 0.3) is 0 Å². The van der Waals surface area contributed by atoms with Gasteiger partial charge in [0.15, 0.2) is 0 Å². The summed E-state index contributed by atoms with van der Waals surface area (Å²) in [4.78, 5) is 0. The molecule has 1 N–H and O–H groups in total. The molecule has 0 aromatic heterocycles. The van der Waals surface area contributed by atoms with E-state index in [1.54, 1.807) is 0 Å². The second kappa shape index (κ2) is 6.91. The van der Waals surface area contributed by atoms with Gasteiger partial charge in [-0.05, 0) is 56.4 Å². The van der Waals surface area contributed by atoms with Crippen LogP contribution in [-0.2, 0) is 6.42 Å². The van der Waals surface area contributed by atoms with Crippen LogP contribution in [0.1, 0.15) is 60.7 Å². The molecule has 1 heteroatoms. The summed E-state index contributed by atoms with van der Waals surface area (Å²) in [5.74, 6) is 0. The topological polar surface area (TPSA) is 12.0 Å². The molecule has 0 saturated carbocycles. The summed E-state index contributed by atoms with van der Waals surface area (Å²) in [6, 6.07) is 16.3. The highest BCUT2D eigenvalue weighted by molar-refractivity contribution is 5.33. The van der Waals surface area contributed by atoms with Crippen LogP contribution < -0.4 is 5.32 Å². The van der Waals surface area contributed by atoms with Crippen molar-refractivity contribution in [1.82, 2.24) is 5.32 Å². The van der Waals surface area contributed by atoms with Gasteiger partial charge in [-0.25, -0.2) is 0 Å². The molecule has 0 saturated heterocycles. The molecular weight excluding hydrogens is 254 g/mol. The molecule has 0 spiro atoms. The van der Waals surface area contributed by atoms with Crippen LogP contribution in [0.4, 0.5) is 0 Å². The fourth-order valence-electron chi connectivity index (χ4n) is 2.83. The molecule has 0 fully saturated rings. The Morgan fingerprint density at radius 3 is 2.19 bits per heavy atom. The number of benzene rings is 2. The summed E-state index contributed by atoms with van der Waals surface area (Å²) in [7, 11) is 0. The molecule has 0 amide bonds. The van der Waals surface area contributed by atoms with Crippen LogP contribution in [0.5, 0.6) is 0 Å². The van der Waals surface area contributed by atoms with E-state index in [4.69, 9.17) is 0 Å². The largest absolute Gasteiger partial charge is 0.304 e. The average molecular weight is 281 g/mol. The summed E-state index contributed by atoms with van der Waals surface area (Å²) >= 11 is 0. The van der Waals surface area contributed by atoms with Crippen molar-refractivity contribution in [3.8, 4) is 0 Å². The predicted molar refractivity (Wildman–Crippen MR) is 91.7 cm³/mol. The normalized spacial score (nSPS) is 14.0. The van der Waals surface area contributed by atoms with Gasteiger partial charge in [-0.3, -0.25) is 0 Å². The molecule has 0 aliphatic heterocycles. The average Bonchev–Trinajstić information content (AvgIpc) is 2.49. The summed E-state index contributed by atoms with van der Waals surface area (Å²) in [6.07, 6.45) is 1.10. The minimum atomic E-state index is 0.353. The number of nitrogens with one attached hydrogen (secondary N) is 1. The minimum absolute atomic E-state index is 0.353. The summed E-state index contributed by atoms with van der Waals surface area (Å²) in [5.41, 5.74) is 6.82. The minimum Gasteiger partial charge on any atom is -0.304 e. The highest BCUT2D eigenvalue weighted by atomic mass is 14.9. The maximum Gasteiger partial charge on any atom is 0.0300 e. The summed E-state index contributed by atoms with van der Waals surface area (Å²) < 4.78 is 0. The van der Waals surface area contributed by atoms with E-state index < -0.39 is 0 Å². The van der Waals surface area contributed by atoms with E-state index in [1.165, 1.54) is 27.8 Å². The maximum atomic E-state index is 3.72. The van der Waals surface area contributed by atoms with Crippen molar-refractivity contribution >= 4 is 0 Å². The Labute approximate surface area is 129 Å². The first kappa shape index (κ1) is 15.8. The van der Waals surface area contributed by atoms with Crippen molar-refractivity contribution in [1.29, 1.82) is 0 Å². The Balaban J connectivity index is 2.10. The highest BCUT2D eigenvalue weighted by Gasteiger charge is 2.13. The third kappa shape index (κ3) is 3.95. The van der Waals surface area contributed by atoms with Gasteiger partial charge in [0.1, 0.15) is 0 Å². The molecule has 0 radical (unpaired) electrons. The molecule has 21 heavy (non-hydrogen) atoms. The van der Waals surface area contributed by atoms with Crippen LogP contribution in [0, 0.1) is 13.8 Å². The van der Waals surface area contributed by atoms with E-state index in [0.717, 1.165) is 6.42 Å². The van der Waals surface area contributed by atoms with Crippen LogP contribution in [0.25, 0.3) is 0 Å². The second-order valence-corrected chi connectivity index (χ2v) is 6.07. The van der Waals surface area contributed by atoms with Crippen LogP contribution >= 0.6 is 0 Å². The predicted octanol–water partition coefficient (Wildman–Crippen LogP) is 5.28. The smallest absolute Gasteiger partial charge is 0.0300 e. The Morgan fingerprint density at radius 1 is 0.905 bits per heavy atom. The number of rotatable bonds is 5. The van der Waals surface area contributed by atoms with Crippen LogP contribution in [0.15, 0.2) is 42.5 Å². The Hall–Kier alpha value is -1.60. The molecule has 2 aromatic carbocycles. The number of hydrogen-bond acceptors (Lipinski definition) is 1. The number of aryl methyl sites for hydroxylation is 3. The molecular formula is C20H27N. The van der Waals surface area contributed by atoms with Gasteiger partial charge in [0.05, 0.1) is 0 Å². The van der Waals surface area contributed by atoms with Gasteiger partial charge < -0.3 is 5.32 Å². The quantitative estimate of drug-likeness (QED) is 0.786. The van der Waals surface area contributed by atoms with Crippen molar-refractivity contribution in [2.75, 3.05) is 0 Å². The fraction of sp³-hybridized carbons (Fsp3) is 0.400. The van der Waals surface area contributed by atoms with E-state index in [-0.39, 0.29) is 0 Å². The van der Waals surface area contributed by atoms with E-state index in [9.17, 15) is 0 Å². The van der Waals surface area contributed by atoms with Crippen molar-refractivity contribution in [3.63, 3.8) is 0 Å². The van der Waals surface area contributed by atoms with Gasteiger partial charge in [0.2, 0.25) is 0 Å². The third-order valence-corrected chi connectivity index (χ3v) is 4.29. The number of hydrogen-bond donors (Lipinski definition) is 1. The van der Waals surface area contributed by atoms with Gasteiger partial charge >= 0.3 is 0 Å². The van der Waals surface area contributed by atoms with Crippen molar-refractivity contribution < 1.29 is 0 Å². The van der Waals surface area contributed by atoms with E-state index in [1.807, 2.05) is 0 Å². The van der Waals surface area contributed by atoms with Gasteiger partial charge in [-0.1, -0.05) is 55.0 Å². The first-order valence-electron chi connectivity index (χ1n) is 7.93. The lowest BCUT2D eigenvalue weighted by molar-refractivity contribution is 0.493. The van der Waals surface area contributed by atoms with E-state index in [2.05, 4.69) is 82.4 Å². The lowest BCUT2D eigenvalue weighted by Gasteiger charge is -2.22. The third-order valence-electron chi connectivity index (χ3n) is 4.29. The Kier molecular flexibility index (Phi) is 5.19. The first-order valence-corrected chi connectivity index (χ1v) is 7.93. The lowest BCUT2D eigenvalue weighted by atomic mass is 9.98. The molecule has 2 rings (SSSR count). The van der Waals surface area contributed by atoms with Crippen molar-refractivity contribution in [3.05, 3.63) is 70.3 Å². The van der Waals surface area contributed by atoms with Gasteiger partial charge in [-0.15, -0.1) is 0 Å². The molecule has 2 atom stereocenters. The SMILES string of the molecule is CCc1ccc(C(C)NC(C)c2cc(C)ccc2C)cc1. The zero-order valence-electron chi connectivity index (χ0n) is 13.9. The standard InChI is InChI=1S/C20H27N/c1-6-18-9-11-19(12-10-18)16(4)21-17(5)20-13-14(2)7-8-15(20)3/h7-13,16-17,21H,6H2,1-5H3. The second-order valence-electron chi connectivity index (χ2n) is 6.07. The van der Waals surface area contributed by atoms with Gasteiger partial charge in [0, 0.05) is 12.1 Å². The summed E-state index contributed by atoms with van der Waals surface area (Å²) in [5, 5.41) is 3.72. The van der Waals surface area contributed by atoms with E-state index >= 15 is 0 Å². The fourth-order valence-corrected chi connectivity index (χ4v) is 2.83.